The summed E-state index contributed by atoms with van der Waals surface area (Å²) in [6.45, 7) is 11.1. The number of likely N-dealkylation sites (N-methyl/N-ethyl adjacent to an activating group) is 1. The summed E-state index contributed by atoms with van der Waals surface area (Å²) >= 11 is 6.27. The highest BCUT2D eigenvalue weighted by molar-refractivity contribution is 6.30. The first-order valence-electron chi connectivity index (χ1n) is 19.7. The molecule has 11 nitrogen and oxygen atoms in total. The van der Waals surface area contributed by atoms with E-state index in [9.17, 15) is 14.4 Å². The third-order valence-electron chi connectivity index (χ3n) is 10.6. The Bertz CT molecular complexity index is 1880. The molecule has 57 heavy (non-hydrogen) atoms. The van der Waals surface area contributed by atoms with Crippen LogP contribution in [0.25, 0.3) is 0 Å². The van der Waals surface area contributed by atoms with Crippen molar-refractivity contribution in [3.05, 3.63) is 82.1 Å². The van der Waals surface area contributed by atoms with Gasteiger partial charge in [-0.3, -0.25) is 19.4 Å². The van der Waals surface area contributed by atoms with Gasteiger partial charge in [0.05, 0.1) is 45.0 Å². The number of ether oxygens (including phenoxy) is 4. The van der Waals surface area contributed by atoms with E-state index in [2.05, 4.69) is 9.80 Å². The van der Waals surface area contributed by atoms with Crippen molar-refractivity contribution in [2.24, 2.45) is 5.92 Å². The molecule has 1 aliphatic heterocycles. The summed E-state index contributed by atoms with van der Waals surface area (Å²) < 4.78 is 38.6. The summed E-state index contributed by atoms with van der Waals surface area (Å²) in [6.07, 6.45) is 3.14. The van der Waals surface area contributed by atoms with Gasteiger partial charge in [0.25, 0.3) is 0 Å². The number of hydrogen-bond donors (Lipinski definition) is 0. The predicted octanol–water partition coefficient (Wildman–Crippen LogP) is 8.29. The number of fused-ring (bicyclic) bond motifs is 1. The molecule has 5 rings (SSSR count). The molecule has 0 spiro atoms. The zero-order valence-electron chi connectivity index (χ0n) is 34.8. The van der Waals surface area contributed by atoms with E-state index in [0.717, 1.165) is 42.4 Å². The number of methoxy groups -OCH3 is 2. The zero-order chi connectivity index (χ0) is 41.6. The number of benzene rings is 3. The minimum absolute atomic E-state index is 0.0685. The van der Waals surface area contributed by atoms with Crippen LogP contribution in [0, 0.1) is 11.7 Å². The molecular weight excluding hydrogens is 751 g/mol. The third kappa shape index (κ3) is 11.1. The van der Waals surface area contributed by atoms with Gasteiger partial charge in [-0.1, -0.05) is 23.7 Å². The highest BCUT2D eigenvalue weighted by Gasteiger charge is 2.38. The van der Waals surface area contributed by atoms with Gasteiger partial charge in [-0.15, -0.1) is 0 Å². The Kier molecular flexibility index (Phi) is 14.4. The third-order valence-corrected chi connectivity index (χ3v) is 10.9. The Balaban J connectivity index is 1.30. The summed E-state index contributed by atoms with van der Waals surface area (Å²) in [7, 11) is 6.61. The Morgan fingerprint density at radius 3 is 2.23 bits per heavy atom. The molecule has 0 bridgehead atoms. The second-order valence-electron chi connectivity index (χ2n) is 16.4. The highest BCUT2D eigenvalue weighted by atomic mass is 35.5. The fourth-order valence-electron chi connectivity index (χ4n) is 7.75. The van der Waals surface area contributed by atoms with E-state index < -0.39 is 23.6 Å². The lowest BCUT2D eigenvalue weighted by Gasteiger charge is -2.39. The molecule has 1 atom stereocenters. The summed E-state index contributed by atoms with van der Waals surface area (Å²) in [5.41, 5.74) is 2.70. The van der Waals surface area contributed by atoms with E-state index in [0.29, 0.717) is 47.8 Å². The molecule has 0 aromatic heterocycles. The number of rotatable bonds is 14. The number of hydrogen-bond acceptors (Lipinski definition) is 9. The number of carbonyl (C=O) groups is 3. The average Bonchev–Trinajstić information content (AvgIpc) is 3.15. The molecule has 0 N–H and O–H groups in total. The topological polar surface area (TPSA) is 101 Å². The Morgan fingerprint density at radius 2 is 1.63 bits per heavy atom. The van der Waals surface area contributed by atoms with Crippen LogP contribution in [-0.2, 0) is 25.5 Å². The SMILES string of the molecule is COC(=O)CN(CCN(C)C(=O)OC(C)(C)C)[C@H]1CC[C@@H](CN(C)c2ccc(N3C(=O)Cc4cc(OC)c(OC(C)C)cc4[C@@H]3c3ccc(Cl)cc3)c(F)c2)CC1. The van der Waals surface area contributed by atoms with Gasteiger partial charge in [-0.05, 0) is 125 Å². The summed E-state index contributed by atoms with van der Waals surface area (Å²) in [5, 5.41) is 0.555. The van der Waals surface area contributed by atoms with Crippen LogP contribution in [0.3, 0.4) is 0 Å². The Labute approximate surface area is 341 Å². The van der Waals surface area contributed by atoms with Crippen molar-refractivity contribution < 1.29 is 37.7 Å². The number of anilines is 2. The van der Waals surface area contributed by atoms with Crippen molar-refractivity contribution in [2.75, 3.05) is 64.3 Å². The number of amides is 2. The average molecular weight is 809 g/mol. The molecule has 0 unspecified atom stereocenters. The van der Waals surface area contributed by atoms with E-state index in [1.807, 2.05) is 72.0 Å². The summed E-state index contributed by atoms with van der Waals surface area (Å²) in [4.78, 5) is 46.2. The fourth-order valence-corrected chi connectivity index (χ4v) is 7.88. The van der Waals surface area contributed by atoms with Gasteiger partial charge in [0, 0.05) is 50.5 Å². The Hall–Kier alpha value is -4.55. The Morgan fingerprint density at radius 1 is 0.947 bits per heavy atom. The number of carbonyl (C=O) groups excluding carboxylic acids is 3. The smallest absolute Gasteiger partial charge is 0.410 e. The van der Waals surface area contributed by atoms with Crippen molar-refractivity contribution in [3.63, 3.8) is 0 Å². The van der Waals surface area contributed by atoms with E-state index >= 15 is 4.39 Å². The molecule has 1 heterocycles. The molecule has 1 saturated carbocycles. The molecule has 2 amide bonds. The molecule has 310 valence electrons. The van der Waals surface area contributed by atoms with Crippen LogP contribution in [0.5, 0.6) is 11.5 Å². The van der Waals surface area contributed by atoms with Gasteiger partial charge >= 0.3 is 12.1 Å². The maximum atomic E-state index is 16.4. The van der Waals surface area contributed by atoms with Crippen LogP contribution in [-0.4, -0.2) is 100 Å². The zero-order valence-corrected chi connectivity index (χ0v) is 35.5. The van der Waals surface area contributed by atoms with Crippen molar-refractivity contribution >= 4 is 40.9 Å². The fraction of sp³-hybridized carbons (Fsp3) is 0.523. The first kappa shape index (κ1) is 43.6. The van der Waals surface area contributed by atoms with Crippen LogP contribution in [0.15, 0.2) is 54.6 Å². The van der Waals surface area contributed by atoms with Crippen LogP contribution in [0.4, 0.5) is 20.6 Å². The molecule has 0 saturated heterocycles. The quantitative estimate of drug-likeness (QED) is 0.149. The van der Waals surface area contributed by atoms with Crippen LogP contribution in [0.1, 0.15) is 83.0 Å². The molecule has 1 aliphatic carbocycles. The van der Waals surface area contributed by atoms with Gasteiger partial charge in [-0.25, -0.2) is 9.18 Å². The summed E-state index contributed by atoms with van der Waals surface area (Å²) in [5.74, 6) is 0.381. The lowest BCUT2D eigenvalue weighted by Crippen LogP contribution is -2.46. The van der Waals surface area contributed by atoms with Gasteiger partial charge in [-0.2, -0.15) is 0 Å². The maximum absolute atomic E-state index is 16.4. The second kappa shape index (κ2) is 18.8. The number of halogens is 2. The van der Waals surface area contributed by atoms with E-state index in [4.69, 9.17) is 30.5 Å². The standard InChI is InChI=1S/C44H58ClFN4O7/c1-28(2)56-39-25-35-31(22-38(39)54-8)23-40(51)50(42(35)30-12-14-32(45)15-13-30)37-19-18-34(24-36(37)46)48(7)26-29-10-16-33(17-11-29)49(27-41(52)55-9)21-20-47(6)43(53)57-44(3,4)5/h12-15,18-19,22,24-25,28-29,33,42H,10-11,16-17,20-21,23,26-27H2,1-9H3/t29-,33+,42-/m0/s1. The molecule has 3 aromatic carbocycles. The lowest BCUT2D eigenvalue weighted by atomic mass is 9.85. The molecule has 2 aliphatic rings. The minimum Gasteiger partial charge on any atom is -0.493 e. The van der Waals surface area contributed by atoms with Gasteiger partial charge in [0.15, 0.2) is 11.5 Å². The first-order chi connectivity index (χ1) is 27.0. The predicted molar refractivity (Wildman–Crippen MR) is 221 cm³/mol. The lowest BCUT2D eigenvalue weighted by molar-refractivity contribution is -0.142. The summed E-state index contributed by atoms with van der Waals surface area (Å²) in [6, 6.07) is 15.6. The molecule has 0 radical (unpaired) electrons. The normalized spacial score (nSPS) is 18.3. The molecular formula is C44H58ClFN4O7. The van der Waals surface area contributed by atoms with E-state index in [1.165, 1.54) is 18.1 Å². The van der Waals surface area contributed by atoms with Crippen LogP contribution >= 0.6 is 11.6 Å². The second-order valence-corrected chi connectivity index (χ2v) is 16.8. The number of esters is 1. The van der Waals surface area contributed by atoms with Crippen LogP contribution in [0.2, 0.25) is 5.02 Å². The largest absolute Gasteiger partial charge is 0.493 e. The first-order valence-corrected chi connectivity index (χ1v) is 20.1. The van der Waals surface area contributed by atoms with Crippen molar-refractivity contribution in [3.8, 4) is 11.5 Å². The molecule has 13 heteroatoms. The van der Waals surface area contributed by atoms with Crippen molar-refractivity contribution in [2.45, 2.75) is 90.5 Å². The van der Waals surface area contributed by atoms with Gasteiger partial charge in [0.1, 0.15) is 11.4 Å². The van der Waals surface area contributed by atoms with Crippen molar-refractivity contribution in [1.29, 1.82) is 0 Å². The highest BCUT2D eigenvalue weighted by Crippen LogP contribution is 2.45. The number of nitrogens with zero attached hydrogens (tertiary/aromatic N) is 4. The van der Waals surface area contributed by atoms with Crippen LogP contribution < -0.4 is 19.3 Å². The van der Waals surface area contributed by atoms with Gasteiger partial charge < -0.3 is 28.7 Å². The maximum Gasteiger partial charge on any atom is 0.410 e. The monoisotopic (exact) mass is 808 g/mol. The molecule has 1 fully saturated rings. The molecule has 3 aromatic rings. The van der Waals surface area contributed by atoms with Gasteiger partial charge in [0.2, 0.25) is 5.91 Å². The van der Waals surface area contributed by atoms with Crippen molar-refractivity contribution in [1.82, 2.24) is 9.80 Å². The minimum atomic E-state index is -0.636. The van der Waals surface area contributed by atoms with E-state index in [1.54, 1.807) is 37.3 Å². The van der Waals surface area contributed by atoms with E-state index in [-0.39, 0.29) is 42.7 Å².